The molecule has 3 nitrogen and oxygen atoms in total. The summed E-state index contributed by atoms with van der Waals surface area (Å²) in [5, 5.41) is 3.11. The maximum absolute atomic E-state index is 12.1. The van der Waals surface area contributed by atoms with E-state index in [0.717, 1.165) is 41.8 Å². The predicted octanol–water partition coefficient (Wildman–Crippen LogP) is 4.08. The Balaban J connectivity index is 1.60. The zero-order valence-electron chi connectivity index (χ0n) is 13.8. The number of carbonyl (C=O) groups is 1. The maximum atomic E-state index is 12.1. The van der Waals surface area contributed by atoms with E-state index in [1.165, 1.54) is 11.1 Å². The topological polar surface area (TPSA) is 38.3 Å². The van der Waals surface area contributed by atoms with Crippen LogP contribution in [0.15, 0.2) is 54.1 Å². The molecule has 1 unspecified atom stereocenters. The summed E-state index contributed by atoms with van der Waals surface area (Å²) in [7, 11) is 0. The smallest absolute Gasteiger partial charge is 0.227 e. The molecule has 1 aliphatic carbocycles. The highest BCUT2D eigenvalue weighted by molar-refractivity contribution is 5.92. The molecule has 24 heavy (non-hydrogen) atoms. The van der Waals surface area contributed by atoms with Gasteiger partial charge >= 0.3 is 0 Å². The number of hydrogen-bond acceptors (Lipinski definition) is 2. The minimum absolute atomic E-state index is 0.0720. The molecular formula is C21H21NO2. The molecule has 0 bridgehead atoms. The lowest BCUT2D eigenvalue weighted by atomic mass is 9.82. The first-order valence-electron chi connectivity index (χ1n) is 8.53. The van der Waals surface area contributed by atoms with Crippen molar-refractivity contribution in [1.82, 2.24) is 5.32 Å². The predicted molar refractivity (Wildman–Crippen MR) is 94.4 cm³/mol. The number of carbonyl (C=O) groups excluding carboxylic acids is 1. The van der Waals surface area contributed by atoms with Gasteiger partial charge in [-0.2, -0.15) is 0 Å². The number of rotatable bonds is 3. The van der Waals surface area contributed by atoms with Crippen molar-refractivity contribution in [2.24, 2.45) is 5.92 Å². The molecule has 1 atom stereocenters. The van der Waals surface area contributed by atoms with Gasteiger partial charge in [0, 0.05) is 17.2 Å². The van der Waals surface area contributed by atoms with E-state index in [2.05, 4.69) is 29.6 Å². The summed E-state index contributed by atoms with van der Waals surface area (Å²) in [6.45, 7) is 2.54. The fourth-order valence-corrected chi connectivity index (χ4v) is 3.51. The summed E-state index contributed by atoms with van der Waals surface area (Å²) in [6.07, 6.45) is 2.95. The Hall–Kier alpha value is -2.55. The van der Waals surface area contributed by atoms with E-state index in [0.29, 0.717) is 6.61 Å². The molecule has 0 saturated carbocycles. The van der Waals surface area contributed by atoms with E-state index in [1.807, 2.05) is 31.2 Å². The Bertz CT molecular complexity index is 808. The Morgan fingerprint density at radius 3 is 2.79 bits per heavy atom. The summed E-state index contributed by atoms with van der Waals surface area (Å²) < 4.78 is 5.95. The van der Waals surface area contributed by atoms with Crippen LogP contribution in [0.5, 0.6) is 5.75 Å². The molecule has 0 spiro atoms. The lowest BCUT2D eigenvalue weighted by Gasteiger charge is -2.30. The molecule has 1 heterocycles. The number of ether oxygens (including phenoxy) is 1. The molecule has 1 amide bonds. The molecule has 0 aromatic heterocycles. The molecule has 4 rings (SSSR count). The van der Waals surface area contributed by atoms with Crippen molar-refractivity contribution < 1.29 is 9.53 Å². The number of aryl methyl sites for hydroxylation is 1. The Kier molecular flexibility index (Phi) is 3.85. The highest BCUT2D eigenvalue weighted by Crippen LogP contribution is 2.37. The molecule has 2 aromatic carbocycles. The molecule has 2 aromatic rings. The molecule has 0 saturated heterocycles. The van der Waals surface area contributed by atoms with E-state index in [9.17, 15) is 4.79 Å². The lowest BCUT2D eigenvalue weighted by Crippen LogP contribution is -2.35. The van der Waals surface area contributed by atoms with Crippen LogP contribution in [-0.2, 0) is 17.8 Å². The summed E-state index contributed by atoms with van der Waals surface area (Å²) >= 11 is 0. The highest BCUT2D eigenvalue weighted by Gasteiger charge is 2.29. The van der Waals surface area contributed by atoms with Crippen molar-refractivity contribution in [3.63, 3.8) is 0 Å². The summed E-state index contributed by atoms with van der Waals surface area (Å²) in [4.78, 5) is 12.1. The second-order valence-corrected chi connectivity index (χ2v) is 6.67. The maximum Gasteiger partial charge on any atom is 0.227 e. The average molecular weight is 319 g/mol. The zero-order valence-corrected chi connectivity index (χ0v) is 13.8. The first kappa shape index (κ1) is 15.0. The van der Waals surface area contributed by atoms with Gasteiger partial charge in [-0.3, -0.25) is 4.79 Å². The highest BCUT2D eigenvalue weighted by atomic mass is 16.5. The normalized spacial score (nSPS) is 19.4. The Morgan fingerprint density at radius 2 is 1.96 bits per heavy atom. The van der Waals surface area contributed by atoms with Gasteiger partial charge in [-0.05, 0) is 48.1 Å². The van der Waals surface area contributed by atoms with E-state index >= 15 is 0 Å². The number of fused-ring (bicyclic) bond motifs is 2. The lowest BCUT2D eigenvalue weighted by molar-refractivity contribution is -0.123. The van der Waals surface area contributed by atoms with Gasteiger partial charge in [0.25, 0.3) is 0 Å². The Morgan fingerprint density at radius 1 is 1.12 bits per heavy atom. The first-order chi connectivity index (χ1) is 11.7. The van der Waals surface area contributed by atoms with Crippen LogP contribution in [0.2, 0.25) is 0 Å². The van der Waals surface area contributed by atoms with E-state index < -0.39 is 0 Å². The zero-order chi connectivity index (χ0) is 16.5. The van der Waals surface area contributed by atoms with Gasteiger partial charge in [0.05, 0.1) is 0 Å². The van der Waals surface area contributed by atoms with Gasteiger partial charge in [0.15, 0.2) is 0 Å². The first-order valence-corrected chi connectivity index (χ1v) is 8.53. The van der Waals surface area contributed by atoms with Gasteiger partial charge in [-0.15, -0.1) is 0 Å². The van der Waals surface area contributed by atoms with Crippen molar-refractivity contribution in [2.75, 3.05) is 0 Å². The van der Waals surface area contributed by atoms with Crippen molar-refractivity contribution in [1.29, 1.82) is 0 Å². The molecule has 2 aliphatic rings. The van der Waals surface area contributed by atoms with E-state index in [4.69, 9.17) is 4.74 Å². The molecular weight excluding hydrogens is 298 g/mol. The minimum Gasteiger partial charge on any atom is -0.489 e. The van der Waals surface area contributed by atoms with Crippen LogP contribution in [0.25, 0.3) is 5.70 Å². The van der Waals surface area contributed by atoms with Crippen LogP contribution in [0.1, 0.15) is 36.5 Å². The Labute approximate surface area is 142 Å². The van der Waals surface area contributed by atoms with Crippen molar-refractivity contribution in [3.8, 4) is 5.75 Å². The summed E-state index contributed by atoms with van der Waals surface area (Å²) in [5.74, 6) is 1.04. The number of nitrogens with one attached hydrogen (secondary N) is 1. The quantitative estimate of drug-likeness (QED) is 0.926. The summed E-state index contributed by atoms with van der Waals surface area (Å²) in [6, 6.07) is 16.4. The van der Waals surface area contributed by atoms with Crippen molar-refractivity contribution >= 4 is 11.6 Å². The molecule has 3 heteroatoms. The van der Waals surface area contributed by atoms with Crippen LogP contribution in [0, 0.1) is 5.92 Å². The number of benzene rings is 2. The summed E-state index contributed by atoms with van der Waals surface area (Å²) in [5.41, 5.74) is 5.95. The van der Waals surface area contributed by atoms with Crippen LogP contribution in [0.3, 0.4) is 0 Å². The molecule has 0 radical (unpaired) electrons. The van der Waals surface area contributed by atoms with Gasteiger partial charge in [0.1, 0.15) is 12.4 Å². The van der Waals surface area contributed by atoms with E-state index in [1.54, 1.807) is 0 Å². The second kappa shape index (κ2) is 6.16. The van der Waals surface area contributed by atoms with Gasteiger partial charge in [0.2, 0.25) is 5.91 Å². The fraction of sp³-hybridized carbons (Fsp3) is 0.286. The average Bonchev–Trinajstić information content (AvgIpc) is 2.62. The molecule has 0 fully saturated rings. The molecule has 122 valence electrons. The van der Waals surface area contributed by atoms with Crippen LogP contribution in [0.4, 0.5) is 0 Å². The fourth-order valence-electron chi connectivity index (χ4n) is 3.51. The largest absolute Gasteiger partial charge is 0.489 e. The number of hydrogen-bond donors (Lipinski definition) is 1. The van der Waals surface area contributed by atoms with E-state index in [-0.39, 0.29) is 11.8 Å². The molecule has 1 aliphatic heterocycles. The SMILES string of the molecule is CC1CC2=C(NC1=O)c1cc(OCc3ccccc3)ccc1CC2. The van der Waals surface area contributed by atoms with Crippen LogP contribution >= 0.6 is 0 Å². The van der Waals surface area contributed by atoms with Crippen LogP contribution in [-0.4, -0.2) is 5.91 Å². The molecule has 1 N–H and O–H groups in total. The van der Waals surface area contributed by atoms with Crippen molar-refractivity contribution in [2.45, 2.75) is 32.8 Å². The van der Waals surface area contributed by atoms with Gasteiger partial charge in [-0.25, -0.2) is 0 Å². The standard InChI is InChI=1S/C21H21NO2/c1-14-11-17-8-7-16-9-10-18(12-19(16)20(17)22-21(14)23)24-13-15-5-3-2-4-6-15/h2-6,9-10,12,14H,7-8,11,13H2,1H3,(H,22,23). The third kappa shape index (κ3) is 2.82. The van der Waals surface area contributed by atoms with Crippen molar-refractivity contribution in [3.05, 3.63) is 70.8 Å². The van der Waals surface area contributed by atoms with Gasteiger partial charge in [-0.1, -0.05) is 43.3 Å². The van der Waals surface area contributed by atoms with Gasteiger partial charge < -0.3 is 10.1 Å². The third-order valence-corrected chi connectivity index (χ3v) is 4.90. The monoisotopic (exact) mass is 319 g/mol. The second-order valence-electron chi connectivity index (χ2n) is 6.67. The minimum atomic E-state index is 0.0720. The third-order valence-electron chi connectivity index (χ3n) is 4.90. The van der Waals surface area contributed by atoms with Crippen LogP contribution < -0.4 is 10.1 Å². The number of amides is 1. The number of allylic oxidation sites excluding steroid dienone is 1.